The summed E-state index contributed by atoms with van der Waals surface area (Å²) in [6.07, 6.45) is 2.83. The predicted molar refractivity (Wildman–Crippen MR) is 95.1 cm³/mol. The van der Waals surface area contributed by atoms with Crippen molar-refractivity contribution in [1.82, 2.24) is 10.6 Å². The molecule has 1 aromatic heterocycles. The van der Waals surface area contributed by atoms with Crippen molar-refractivity contribution in [3.8, 4) is 0 Å². The second-order valence-corrected chi connectivity index (χ2v) is 5.13. The minimum Gasteiger partial charge on any atom is -0.459 e. The first-order valence-electron chi connectivity index (χ1n) is 7.80. The number of amides is 4. The van der Waals surface area contributed by atoms with E-state index >= 15 is 0 Å². The van der Waals surface area contributed by atoms with Gasteiger partial charge in [-0.05, 0) is 36.4 Å². The summed E-state index contributed by atoms with van der Waals surface area (Å²) >= 11 is 0. The van der Waals surface area contributed by atoms with Gasteiger partial charge in [-0.15, -0.1) is 6.58 Å². The van der Waals surface area contributed by atoms with Crippen LogP contribution < -0.4 is 16.0 Å². The van der Waals surface area contributed by atoms with Crippen LogP contribution in [0.1, 0.15) is 20.9 Å². The SMILES string of the molecule is C=CCNC(=O)NC(=O)COC(=O)c1ccc(NC(=O)c2ccco2)cc1. The highest BCUT2D eigenvalue weighted by atomic mass is 16.5. The molecule has 0 unspecified atom stereocenters. The second kappa shape index (κ2) is 9.56. The summed E-state index contributed by atoms with van der Waals surface area (Å²) in [5, 5.41) is 6.94. The molecule has 2 aromatic rings. The number of carbonyl (C=O) groups is 4. The van der Waals surface area contributed by atoms with E-state index in [1.165, 1.54) is 42.7 Å². The van der Waals surface area contributed by atoms with Gasteiger partial charge in [-0.25, -0.2) is 9.59 Å². The molecule has 0 saturated carbocycles. The fourth-order valence-electron chi connectivity index (χ4n) is 1.88. The monoisotopic (exact) mass is 371 g/mol. The van der Waals surface area contributed by atoms with Crippen molar-refractivity contribution < 1.29 is 28.3 Å². The van der Waals surface area contributed by atoms with Crippen molar-refractivity contribution in [3.63, 3.8) is 0 Å². The number of imide groups is 1. The van der Waals surface area contributed by atoms with Crippen LogP contribution in [0.25, 0.3) is 0 Å². The van der Waals surface area contributed by atoms with Crippen LogP contribution in [-0.2, 0) is 9.53 Å². The van der Waals surface area contributed by atoms with Gasteiger partial charge >= 0.3 is 12.0 Å². The fourth-order valence-corrected chi connectivity index (χ4v) is 1.88. The molecule has 0 aliphatic heterocycles. The van der Waals surface area contributed by atoms with Gasteiger partial charge in [-0.2, -0.15) is 0 Å². The van der Waals surface area contributed by atoms with E-state index in [0.29, 0.717) is 5.69 Å². The summed E-state index contributed by atoms with van der Waals surface area (Å²) in [5.41, 5.74) is 0.625. The quantitative estimate of drug-likeness (QED) is 0.502. The number of anilines is 1. The maximum atomic E-state index is 11.9. The summed E-state index contributed by atoms with van der Waals surface area (Å²) < 4.78 is 9.80. The van der Waals surface area contributed by atoms with Crippen LogP contribution in [0.4, 0.5) is 10.5 Å². The number of rotatable bonds is 7. The third kappa shape index (κ3) is 6.16. The van der Waals surface area contributed by atoms with E-state index in [1.54, 1.807) is 6.07 Å². The third-order valence-electron chi connectivity index (χ3n) is 3.12. The molecule has 0 saturated heterocycles. The number of esters is 1. The van der Waals surface area contributed by atoms with Gasteiger partial charge in [0.2, 0.25) is 0 Å². The van der Waals surface area contributed by atoms with E-state index in [9.17, 15) is 19.2 Å². The van der Waals surface area contributed by atoms with Crippen molar-refractivity contribution >= 4 is 29.5 Å². The van der Waals surface area contributed by atoms with E-state index in [0.717, 1.165) is 0 Å². The van der Waals surface area contributed by atoms with Crippen molar-refractivity contribution in [3.05, 3.63) is 66.6 Å². The molecular weight excluding hydrogens is 354 g/mol. The lowest BCUT2D eigenvalue weighted by Crippen LogP contribution is -2.41. The average Bonchev–Trinajstić information content (AvgIpc) is 3.20. The highest BCUT2D eigenvalue weighted by Gasteiger charge is 2.13. The fraction of sp³-hybridized carbons (Fsp3) is 0.111. The van der Waals surface area contributed by atoms with Crippen molar-refractivity contribution in [2.75, 3.05) is 18.5 Å². The van der Waals surface area contributed by atoms with Crippen molar-refractivity contribution in [2.24, 2.45) is 0 Å². The third-order valence-corrected chi connectivity index (χ3v) is 3.12. The molecule has 2 rings (SSSR count). The molecule has 0 spiro atoms. The average molecular weight is 371 g/mol. The second-order valence-electron chi connectivity index (χ2n) is 5.13. The first-order valence-corrected chi connectivity index (χ1v) is 7.80. The Kier molecular flexibility index (Phi) is 6.89. The lowest BCUT2D eigenvalue weighted by Gasteiger charge is -2.07. The van der Waals surface area contributed by atoms with E-state index in [4.69, 9.17) is 9.15 Å². The molecule has 0 aliphatic rings. The number of benzene rings is 1. The number of furan rings is 1. The van der Waals surface area contributed by atoms with E-state index < -0.39 is 30.4 Å². The molecule has 140 valence electrons. The van der Waals surface area contributed by atoms with Crippen LogP contribution >= 0.6 is 0 Å². The zero-order valence-corrected chi connectivity index (χ0v) is 14.2. The first kappa shape index (κ1) is 19.4. The standard InChI is InChI=1S/C18H17N3O6/c1-2-9-19-18(25)21-15(22)11-27-17(24)12-5-7-13(8-6-12)20-16(23)14-4-3-10-26-14/h2-8,10H,1,9,11H2,(H,20,23)(H2,19,21,22,25). The summed E-state index contributed by atoms with van der Waals surface area (Å²) in [4.78, 5) is 46.5. The maximum absolute atomic E-state index is 11.9. The molecule has 27 heavy (non-hydrogen) atoms. The number of urea groups is 1. The Hall–Kier alpha value is -3.88. The Balaban J connectivity index is 1.81. The molecule has 1 heterocycles. The molecule has 9 nitrogen and oxygen atoms in total. The largest absolute Gasteiger partial charge is 0.459 e. The van der Waals surface area contributed by atoms with Crippen LogP contribution in [0.2, 0.25) is 0 Å². The van der Waals surface area contributed by atoms with Gasteiger partial charge in [0.25, 0.3) is 11.8 Å². The Labute approximate surface area is 154 Å². The van der Waals surface area contributed by atoms with Crippen LogP contribution in [0.3, 0.4) is 0 Å². The number of ether oxygens (including phenoxy) is 1. The van der Waals surface area contributed by atoms with E-state index in [-0.39, 0.29) is 17.9 Å². The van der Waals surface area contributed by atoms with Gasteiger partial charge in [0.15, 0.2) is 12.4 Å². The molecule has 9 heteroatoms. The predicted octanol–water partition coefficient (Wildman–Crippen LogP) is 1.70. The highest BCUT2D eigenvalue weighted by molar-refractivity contribution is 6.02. The number of hydrogen-bond acceptors (Lipinski definition) is 6. The van der Waals surface area contributed by atoms with Gasteiger partial charge < -0.3 is 19.8 Å². The molecule has 0 radical (unpaired) electrons. The van der Waals surface area contributed by atoms with Crippen molar-refractivity contribution in [1.29, 1.82) is 0 Å². The van der Waals surface area contributed by atoms with E-state index in [2.05, 4.69) is 17.2 Å². The lowest BCUT2D eigenvalue weighted by molar-refractivity contribution is -0.123. The first-order chi connectivity index (χ1) is 13.0. The molecule has 0 bridgehead atoms. The van der Waals surface area contributed by atoms with E-state index in [1.807, 2.05) is 5.32 Å². The number of nitrogens with one attached hydrogen (secondary N) is 3. The zero-order valence-electron chi connectivity index (χ0n) is 14.2. The number of carbonyl (C=O) groups excluding carboxylic acids is 4. The molecular formula is C18H17N3O6. The van der Waals surface area contributed by atoms with Gasteiger partial charge in [0.1, 0.15) is 0 Å². The molecule has 0 aliphatic carbocycles. The van der Waals surface area contributed by atoms with Crippen LogP contribution in [-0.4, -0.2) is 37.0 Å². The van der Waals surface area contributed by atoms with Gasteiger partial charge in [-0.1, -0.05) is 6.08 Å². The van der Waals surface area contributed by atoms with Gasteiger partial charge in [0.05, 0.1) is 11.8 Å². The molecule has 0 fully saturated rings. The highest BCUT2D eigenvalue weighted by Crippen LogP contribution is 2.12. The summed E-state index contributed by atoms with van der Waals surface area (Å²) in [6, 6.07) is 8.24. The summed E-state index contributed by atoms with van der Waals surface area (Å²) in [5.74, 6) is -1.80. The molecule has 3 N–H and O–H groups in total. The summed E-state index contributed by atoms with van der Waals surface area (Å²) in [6.45, 7) is 3.00. The van der Waals surface area contributed by atoms with Crippen LogP contribution in [0.15, 0.2) is 59.7 Å². The Morgan fingerprint density at radius 3 is 2.48 bits per heavy atom. The van der Waals surface area contributed by atoms with Gasteiger partial charge in [0, 0.05) is 12.2 Å². The van der Waals surface area contributed by atoms with Crippen molar-refractivity contribution in [2.45, 2.75) is 0 Å². The molecule has 0 atom stereocenters. The lowest BCUT2D eigenvalue weighted by atomic mass is 10.2. The Morgan fingerprint density at radius 2 is 1.85 bits per heavy atom. The number of hydrogen-bond donors (Lipinski definition) is 3. The zero-order chi connectivity index (χ0) is 19.6. The minimum atomic E-state index is -0.771. The minimum absolute atomic E-state index is 0.154. The maximum Gasteiger partial charge on any atom is 0.338 e. The summed E-state index contributed by atoms with van der Waals surface area (Å²) in [7, 11) is 0. The topological polar surface area (TPSA) is 127 Å². The van der Waals surface area contributed by atoms with Gasteiger partial charge in [-0.3, -0.25) is 14.9 Å². The Bertz CT molecular complexity index is 827. The normalized spacial score (nSPS) is 9.78. The van der Waals surface area contributed by atoms with Crippen LogP contribution in [0, 0.1) is 0 Å². The Morgan fingerprint density at radius 1 is 1.11 bits per heavy atom. The van der Waals surface area contributed by atoms with Crippen LogP contribution in [0.5, 0.6) is 0 Å². The molecule has 1 aromatic carbocycles. The molecule has 4 amide bonds. The smallest absolute Gasteiger partial charge is 0.338 e.